The van der Waals surface area contributed by atoms with Crippen molar-refractivity contribution in [2.45, 2.75) is 79.2 Å². The summed E-state index contributed by atoms with van der Waals surface area (Å²) in [5.74, 6) is 0.125. The first-order chi connectivity index (χ1) is 11.6. The first-order valence-corrected chi connectivity index (χ1v) is 8.89. The van der Waals surface area contributed by atoms with Gasteiger partial charge in [-0.2, -0.15) is 0 Å². The van der Waals surface area contributed by atoms with E-state index in [1.54, 1.807) is 11.8 Å². The largest absolute Gasteiger partial charge is 0.491 e. The van der Waals surface area contributed by atoms with Crippen molar-refractivity contribution in [1.29, 1.82) is 0 Å². The summed E-state index contributed by atoms with van der Waals surface area (Å²) in [6.45, 7) is 13.3. The van der Waals surface area contributed by atoms with Crippen molar-refractivity contribution in [3.05, 3.63) is 29.8 Å². The Labute approximate surface area is 151 Å². The molecule has 0 aliphatic rings. The lowest BCUT2D eigenvalue weighted by Crippen LogP contribution is -2.47. The molecule has 140 valence electrons. The van der Waals surface area contributed by atoms with Gasteiger partial charge in [0.15, 0.2) is 6.10 Å². The van der Waals surface area contributed by atoms with Gasteiger partial charge < -0.3 is 14.4 Å². The van der Waals surface area contributed by atoms with Gasteiger partial charge in [-0.05, 0) is 66.2 Å². The summed E-state index contributed by atoms with van der Waals surface area (Å²) in [5, 5.41) is 0. The number of rotatable bonds is 8. The van der Waals surface area contributed by atoms with Gasteiger partial charge in [-0.15, -0.1) is 0 Å². The standard InChI is InChI=1S/C20H31NO4/c1-13(2)21(14(3)4)20(23)16(7)25-19(22)12-17-9-8-10-18(11-17)24-15(5)6/h8-11,13-16H,12H2,1-7H3. The third kappa shape index (κ3) is 6.77. The first kappa shape index (κ1) is 21.0. The van der Waals surface area contributed by atoms with Crippen molar-refractivity contribution in [3.8, 4) is 5.75 Å². The van der Waals surface area contributed by atoms with Crippen LogP contribution >= 0.6 is 0 Å². The number of ether oxygens (including phenoxy) is 2. The molecule has 25 heavy (non-hydrogen) atoms. The number of hydrogen-bond donors (Lipinski definition) is 0. The summed E-state index contributed by atoms with van der Waals surface area (Å²) in [4.78, 5) is 26.4. The molecule has 5 heteroatoms. The lowest BCUT2D eigenvalue weighted by atomic mass is 10.1. The molecule has 1 amide bonds. The van der Waals surface area contributed by atoms with E-state index in [9.17, 15) is 9.59 Å². The first-order valence-electron chi connectivity index (χ1n) is 8.89. The number of nitrogens with zero attached hydrogens (tertiary/aromatic N) is 1. The highest BCUT2D eigenvalue weighted by Crippen LogP contribution is 2.16. The minimum Gasteiger partial charge on any atom is -0.491 e. The van der Waals surface area contributed by atoms with Crippen molar-refractivity contribution in [2.24, 2.45) is 0 Å². The smallest absolute Gasteiger partial charge is 0.311 e. The van der Waals surface area contributed by atoms with E-state index in [0.29, 0.717) is 0 Å². The Bertz CT molecular complexity index is 573. The summed E-state index contributed by atoms with van der Waals surface area (Å²) in [6, 6.07) is 7.47. The summed E-state index contributed by atoms with van der Waals surface area (Å²) in [6.07, 6.45) is -0.624. The predicted molar refractivity (Wildman–Crippen MR) is 98.6 cm³/mol. The minimum atomic E-state index is -0.799. The Morgan fingerprint density at radius 2 is 1.60 bits per heavy atom. The quantitative estimate of drug-likeness (QED) is 0.673. The van der Waals surface area contributed by atoms with Gasteiger partial charge in [-0.3, -0.25) is 9.59 Å². The molecule has 0 saturated heterocycles. The van der Waals surface area contributed by atoms with E-state index >= 15 is 0 Å². The fraction of sp³-hybridized carbons (Fsp3) is 0.600. The van der Waals surface area contributed by atoms with Crippen molar-refractivity contribution in [1.82, 2.24) is 4.90 Å². The van der Waals surface area contributed by atoms with Gasteiger partial charge in [0.1, 0.15) is 5.75 Å². The van der Waals surface area contributed by atoms with E-state index in [2.05, 4.69) is 0 Å². The van der Waals surface area contributed by atoms with Gasteiger partial charge in [0.2, 0.25) is 0 Å². The summed E-state index contributed by atoms with van der Waals surface area (Å²) in [5.41, 5.74) is 0.798. The van der Waals surface area contributed by atoms with E-state index in [4.69, 9.17) is 9.47 Å². The maximum Gasteiger partial charge on any atom is 0.311 e. The van der Waals surface area contributed by atoms with Crippen LogP contribution in [0.4, 0.5) is 0 Å². The molecule has 0 aliphatic carbocycles. The molecule has 0 saturated carbocycles. The molecule has 0 heterocycles. The van der Waals surface area contributed by atoms with Crippen molar-refractivity contribution >= 4 is 11.9 Å². The molecular weight excluding hydrogens is 318 g/mol. The molecule has 0 fully saturated rings. The van der Waals surface area contributed by atoms with Crippen LogP contribution < -0.4 is 4.74 Å². The third-order valence-electron chi connectivity index (χ3n) is 3.64. The molecule has 0 N–H and O–H groups in total. The zero-order valence-corrected chi connectivity index (χ0v) is 16.4. The van der Waals surface area contributed by atoms with Crippen molar-refractivity contribution in [2.75, 3.05) is 0 Å². The second-order valence-corrected chi connectivity index (χ2v) is 7.06. The van der Waals surface area contributed by atoms with Gasteiger partial charge in [0.25, 0.3) is 5.91 Å². The van der Waals surface area contributed by atoms with E-state index in [0.717, 1.165) is 11.3 Å². The van der Waals surface area contributed by atoms with Crippen molar-refractivity contribution in [3.63, 3.8) is 0 Å². The molecule has 0 bridgehead atoms. The monoisotopic (exact) mass is 349 g/mol. The number of amides is 1. The number of carbonyl (C=O) groups is 2. The number of hydrogen-bond acceptors (Lipinski definition) is 4. The predicted octanol–water partition coefficient (Wildman–Crippen LogP) is 3.59. The molecule has 1 aromatic rings. The Kier molecular flexibility index (Phi) is 7.94. The molecule has 1 aromatic carbocycles. The van der Waals surface area contributed by atoms with E-state index in [-0.39, 0.29) is 30.5 Å². The molecule has 0 aromatic heterocycles. The maximum absolute atomic E-state index is 12.5. The molecule has 0 radical (unpaired) electrons. The number of carbonyl (C=O) groups excluding carboxylic acids is 2. The Morgan fingerprint density at radius 1 is 1.00 bits per heavy atom. The lowest BCUT2D eigenvalue weighted by Gasteiger charge is -2.32. The average Bonchev–Trinajstić information content (AvgIpc) is 2.45. The van der Waals surface area contributed by atoms with E-state index in [1.807, 2.05) is 65.8 Å². The van der Waals surface area contributed by atoms with Crippen molar-refractivity contribution < 1.29 is 19.1 Å². The Morgan fingerprint density at radius 3 is 2.12 bits per heavy atom. The third-order valence-corrected chi connectivity index (χ3v) is 3.64. The van der Waals surface area contributed by atoms with Gasteiger partial charge >= 0.3 is 5.97 Å². The molecule has 0 spiro atoms. The van der Waals surface area contributed by atoms with Crippen LogP contribution in [0.2, 0.25) is 0 Å². The second kappa shape index (κ2) is 9.44. The van der Waals surface area contributed by atoms with Crippen LogP contribution in [-0.2, 0) is 20.7 Å². The van der Waals surface area contributed by atoms with Crippen LogP contribution in [0.1, 0.15) is 54.0 Å². The Hall–Kier alpha value is -2.04. The molecule has 1 atom stereocenters. The fourth-order valence-electron chi connectivity index (χ4n) is 2.77. The maximum atomic E-state index is 12.5. The normalized spacial score (nSPS) is 12.4. The lowest BCUT2D eigenvalue weighted by molar-refractivity contribution is -0.160. The highest BCUT2D eigenvalue weighted by atomic mass is 16.5. The van der Waals surface area contributed by atoms with E-state index in [1.165, 1.54) is 0 Å². The fourth-order valence-corrected chi connectivity index (χ4v) is 2.77. The zero-order valence-electron chi connectivity index (χ0n) is 16.4. The van der Waals surface area contributed by atoms with Gasteiger partial charge in [-0.1, -0.05) is 12.1 Å². The van der Waals surface area contributed by atoms with E-state index < -0.39 is 12.1 Å². The molecule has 5 nitrogen and oxygen atoms in total. The topological polar surface area (TPSA) is 55.8 Å². The summed E-state index contributed by atoms with van der Waals surface area (Å²) in [7, 11) is 0. The minimum absolute atomic E-state index is 0.0542. The molecule has 1 unspecified atom stereocenters. The summed E-state index contributed by atoms with van der Waals surface area (Å²) >= 11 is 0. The Balaban J connectivity index is 2.68. The highest BCUT2D eigenvalue weighted by Gasteiger charge is 2.27. The van der Waals surface area contributed by atoms with Crippen LogP contribution in [0.15, 0.2) is 24.3 Å². The van der Waals surface area contributed by atoms with Crippen LogP contribution in [-0.4, -0.2) is 41.1 Å². The zero-order chi connectivity index (χ0) is 19.1. The molecular formula is C20H31NO4. The number of benzene rings is 1. The van der Waals surface area contributed by atoms with Gasteiger partial charge in [0, 0.05) is 12.1 Å². The SMILES string of the molecule is CC(C)Oc1cccc(CC(=O)OC(C)C(=O)N(C(C)C)C(C)C)c1. The van der Waals surface area contributed by atoms with Gasteiger partial charge in [0.05, 0.1) is 12.5 Å². The highest BCUT2D eigenvalue weighted by molar-refractivity contribution is 5.84. The van der Waals surface area contributed by atoms with Crippen LogP contribution in [0.25, 0.3) is 0 Å². The molecule has 1 rings (SSSR count). The van der Waals surface area contributed by atoms with Crippen LogP contribution in [0.5, 0.6) is 5.75 Å². The van der Waals surface area contributed by atoms with Crippen LogP contribution in [0, 0.1) is 0 Å². The average molecular weight is 349 g/mol. The van der Waals surface area contributed by atoms with Crippen LogP contribution in [0.3, 0.4) is 0 Å². The molecule has 0 aliphatic heterocycles. The number of esters is 1. The van der Waals surface area contributed by atoms with Gasteiger partial charge in [-0.25, -0.2) is 0 Å². The second-order valence-electron chi connectivity index (χ2n) is 7.06. The summed E-state index contributed by atoms with van der Waals surface area (Å²) < 4.78 is 11.0.